The summed E-state index contributed by atoms with van der Waals surface area (Å²) in [6, 6.07) is 16.8. The number of esters is 1. The number of nitrogens with one attached hydrogen (secondary N) is 2. The van der Waals surface area contributed by atoms with E-state index in [2.05, 4.69) is 17.8 Å². The molecule has 7 heteroatoms. The molecule has 2 aromatic rings. The normalized spacial score (nSPS) is 10.4. The minimum Gasteiger partial charge on any atom is -0.494 e. The van der Waals surface area contributed by atoms with E-state index in [1.807, 2.05) is 30.3 Å². The molecule has 0 bridgehead atoms. The molecule has 184 valence electrons. The molecule has 7 nitrogen and oxygen atoms in total. The Morgan fingerprint density at radius 3 is 2.26 bits per heavy atom. The van der Waals surface area contributed by atoms with Gasteiger partial charge in [0.25, 0.3) is 5.91 Å². The van der Waals surface area contributed by atoms with E-state index in [4.69, 9.17) is 9.47 Å². The highest BCUT2D eigenvalue weighted by atomic mass is 16.5. The molecule has 2 N–H and O–H groups in total. The van der Waals surface area contributed by atoms with E-state index < -0.39 is 5.91 Å². The molecule has 34 heavy (non-hydrogen) atoms. The van der Waals surface area contributed by atoms with Crippen LogP contribution in [-0.4, -0.2) is 31.0 Å². The molecular formula is C27H36N2O5. The predicted octanol–water partition coefficient (Wildman–Crippen LogP) is 4.75. The van der Waals surface area contributed by atoms with Crippen LogP contribution >= 0.6 is 0 Å². The molecule has 0 fully saturated rings. The molecule has 0 heterocycles. The van der Waals surface area contributed by atoms with E-state index >= 15 is 0 Å². The Labute approximate surface area is 202 Å². The van der Waals surface area contributed by atoms with E-state index in [0.717, 1.165) is 25.7 Å². The topological polar surface area (TPSA) is 93.7 Å². The van der Waals surface area contributed by atoms with Crippen LogP contribution < -0.4 is 15.6 Å². The number of amides is 2. The summed E-state index contributed by atoms with van der Waals surface area (Å²) in [7, 11) is 0. The first kappa shape index (κ1) is 26.9. The second kappa shape index (κ2) is 16.3. The number of benzene rings is 2. The molecule has 0 aliphatic heterocycles. The van der Waals surface area contributed by atoms with Crippen molar-refractivity contribution >= 4 is 17.8 Å². The Hall–Kier alpha value is -3.35. The SMILES string of the molecule is CCCCCCOc1ccc(C(=O)NNC(=O)CCCC(=O)OCCCc2ccccc2)cc1. The standard InChI is InChI=1S/C27H36N2O5/c1-2-3-4-8-20-33-24-18-16-23(17-19-24)27(32)29-28-25(30)14-9-15-26(31)34-21-10-13-22-11-6-5-7-12-22/h5-7,11-12,16-19H,2-4,8-10,13-15,20-21H2,1H3,(H,28,30)(H,29,32). The molecule has 2 aromatic carbocycles. The van der Waals surface area contributed by atoms with E-state index in [1.165, 1.54) is 18.4 Å². The number of ether oxygens (including phenoxy) is 2. The van der Waals surface area contributed by atoms with Crippen LogP contribution in [0.15, 0.2) is 54.6 Å². The Kier molecular flexibility index (Phi) is 12.9. The first-order chi connectivity index (χ1) is 16.6. The van der Waals surface area contributed by atoms with Gasteiger partial charge in [-0.2, -0.15) is 0 Å². The van der Waals surface area contributed by atoms with Crippen molar-refractivity contribution in [2.75, 3.05) is 13.2 Å². The molecule has 2 rings (SSSR count). The maximum Gasteiger partial charge on any atom is 0.305 e. The molecule has 0 saturated heterocycles. The zero-order valence-corrected chi connectivity index (χ0v) is 20.0. The lowest BCUT2D eigenvalue weighted by Crippen LogP contribution is -2.41. The summed E-state index contributed by atoms with van der Waals surface area (Å²) in [4.78, 5) is 35.9. The third-order valence-electron chi connectivity index (χ3n) is 5.20. The summed E-state index contributed by atoms with van der Waals surface area (Å²) in [5, 5.41) is 0. The molecule has 0 aliphatic rings. The van der Waals surface area contributed by atoms with Crippen LogP contribution in [0.1, 0.15) is 74.2 Å². The fourth-order valence-corrected chi connectivity index (χ4v) is 3.25. The molecule has 0 aromatic heterocycles. The lowest BCUT2D eigenvalue weighted by molar-refractivity contribution is -0.143. The van der Waals surface area contributed by atoms with Crippen LogP contribution in [0.2, 0.25) is 0 Å². The van der Waals surface area contributed by atoms with Crippen LogP contribution in [0.25, 0.3) is 0 Å². The number of rotatable bonds is 15. The Balaban J connectivity index is 1.53. The Morgan fingerprint density at radius 1 is 0.765 bits per heavy atom. The van der Waals surface area contributed by atoms with Gasteiger partial charge in [0.05, 0.1) is 13.2 Å². The van der Waals surface area contributed by atoms with Crippen molar-refractivity contribution in [1.82, 2.24) is 10.9 Å². The average molecular weight is 469 g/mol. The van der Waals surface area contributed by atoms with Crippen LogP contribution in [0, 0.1) is 0 Å². The van der Waals surface area contributed by atoms with E-state index in [9.17, 15) is 14.4 Å². The van der Waals surface area contributed by atoms with E-state index in [1.54, 1.807) is 24.3 Å². The van der Waals surface area contributed by atoms with Gasteiger partial charge in [0.1, 0.15) is 5.75 Å². The lowest BCUT2D eigenvalue weighted by Gasteiger charge is -2.09. The first-order valence-electron chi connectivity index (χ1n) is 12.1. The van der Waals surface area contributed by atoms with Gasteiger partial charge in [-0.3, -0.25) is 25.2 Å². The van der Waals surface area contributed by atoms with Gasteiger partial charge < -0.3 is 9.47 Å². The van der Waals surface area contributed by atoms with Crippen LogP contribution in [-0.2, 0) is 20.7 Å². The highest BCUT2D eigenvalue weighted by molar-refractivity contribution is 5.95. The molecule has 0 unspecified atom stereocenters. The number of hydrogen-bond donors (Lipinski definition) is 2. The van der Waals surface area contributed by atoms with Gasteiger partial charge in [-0.1, -0.05) is 56.5 Å². The third-order valence-corrected chi connectivity index (χ3v) is 5.20. The van der Waals surface area contributed by atoms with Crippen molar-refractivity contribution < 1.29 is 23.9 Å². The summed E-state index contributed by atoms with van der Waals surface area (Å²) in [5.41, 5.74) is 6.38. The lowest BCUT2D eigenvalue weighted by atomic mass is 10.1. The molecule has 0 radical (unpaired) electrons. The van der Waals surface area contributed by atoms with Gasteiger partial charge in [0, 0.05) is 18.4 Å². The number of carbonyl (C=O) groups is 3. The molecule has 2 amide bonds. The summed E-state index contributed by atoms with van der Waals surface area (Å²) in [6.07, 6.45) is 6.77. The van der Waals surface area contributed by atoms with Crippen LogP contribution in [0.4, 0.5) is 0 Å². The van der Waals surface area contributed by atoms with Gasteiger partial charge in [-0.15, -0.1) is 0 Å². The Morgan fingerprint density at radius 2 is 1.53 bits per heavy atom. The van der Waals surface area contributed by atoms with Crippen molar-refractivity contribution in [3.8, 4) is 5.75 Å². The number of hydrogen-bond acceptors (Lipinski definition) is 5. The summed E-state index contributed by atoms with van der Waals surface area (Å²) in [5.74, 6) is -0.389. The van der Waals surface area contributed by atoms with Gasteiger partial charge in [-0.05, 0) is 55.5 Å². The summed E-state index contributed by atoms with van der Waals surface area (Å²) in [6.45, 7) is 3.18. The van der Waals surface area contributed by atoms with Gasteiger partial charge >= 0.3 is 5.97 Å². The zero-order valence-electron chi connectivity index (χ0n) is 20.0. The minimum absolute atomic E-state index is 0.115. The number of hydrazine groups is 1. The Bertz CT molecular complexity index is 868. The maximum absolute atomic E-state index is 12.2. The fourth-order valence-electron chi connectivity index (χ4n) is 3.25. The van der Waals surface area contributed by atoms with Crippen LogP contribution in [0.3, 0.4) is 0 Å². The molecular weight excluding hydrogens is 432 g/mol. The molecule has 0 saturated carbocycles. The van der Waals surface area contributed by atoms with Crippen molar-refractivity contribution in [3.05, 3.63) is 65.7 Å². The third kappa shape index (κ3) is 11.5. The number of unbranched alkanes of at least 4 members (excludes halogenated alkanes) is 3. The first-order valence-corrected chi connectivity index (χ1v) is 12.1. The monoisotopic (exact) mass is 468 g/mol. The smallest absolute Gasteiger partial charge is 0.305 e. The molecule has 0 spiro atoms. The second-order valence-electron chi connectivity index (χ2n) is 8.10. The second-order valence-corrected chi connectivity index (χ2v) is 8.10. The van der Waals surface area contributed by atoms with E-state index in [-0.39, 0.29) is 24.7 Å². The van der Waals surface area contributed by atoms with Gasteiger partial charge in [0.15, 0.2) is 0 Å². The van der Waals surface area contributed by atoms with Crippen molar-refractivity contribution in [2.24, 2.45) is 0 Å². The largest absolute Gasteiger partial charge is 0.494 e. The quantitative estimate of drug-likeness (QED) is 0.223. The number of carbonyl (C=O) groups excluding carboxylic acids is 3. The number of aryl methyl sites for hydroxylation is 1. The van der Waals surface area contributed by atoms with Gasteiger partial charge in [-0.25, -0.2) is 0 Å². The predicted molar refractivity (Wildman–Crippen MR) is 131 cm³/mol. The molecule has 0 atom stereocenters. The maximum atomic E-state index is 12.2. The molecule has 0 aliphatic carbocycles. The highest BCUT2D eigenvalue weighted by Crippen LogP contribution is 2.13. The fraction of sp³-hybridized carbons (Fsp3) is 0.444. The summed E-state index contributed by atoms with van der Waals surface area (Å²) < 4.78 is 10.9. The van der Waals surface area contributed by atoms with Crippen molar-refractivity contribution in [3.63, 3.8) is 0 Å². The van der Waals surface area contributed by atoms with Crippen molar-refractivity contribution in [2.45, 2.75) is 64.7 Å². The highest BCUT2D eigenvalue weighted by Gasteiger charge is 2.09. The van der Waals surface area contributed by atoms with Crippen LogP contribution in [0.5, 0.6) is 5.75 Å². The van der Waals surface area contributed by atoms with Gasteiger partial charge in [0.2, 0.25) is 5.91 Å². The zero-order chi connectivity index (χ0) is 24.4. The average Bonchev–Trinajstić information content (AvgIpc) is 2.86. The van der Waals surface area contributed by atoms with Crippen molar-refractivity contribution in [1.29, 1.82) is 0 Å². The minimum atomic E-state index is -0.416. The van der Waals surface area contributed by atoms with E-state index in [0.29, 0.717) is 30.9 Å². The summed E-state index contributed by atoms with van der Waals surface area (Å²) >= 11 is 0.